The molecule has 0 aromatic heterocycles. The normalized spacial score (nSPS) is 24.1. The molecule has 2 aliphatic carbocycles. The summed E-state index contributed by atoms with van der Waals surface area (Å²) < 4.78 is 38.3. The molecule has 7 fully saturated rings. The number of nitrogens with zero attached hydrogens (tertiary/aromatic N) is 5. The van der Waals surface area contributed by atoms with Crippen molar-refractivity contribution in [3.63, 3.8) is 0 Å². The number of primary amides is 1. The van der Waals surface area contributed by atoms with E-state index in [4.69, 9.17) is 15.9 Å². The Morgan fingerprint density at radius 2 is 1.39 bits per heavy atom. The Morgan fingerprint density at radius 1 is 0.733 bits per heavy atom. The molecule has 4 N–H and O–H groups in total. The molecule has 2 atom stereocenters. The van der Waals surface area contributed by atoms with Crippen molar-refractivity contribution < 1.29 is 42.3 Å². The van der Waals surface area contributed by atoms with Gasteiger partial charge in [0.1, 0.15) is 17.7 Å². The Kier molecular flexibility index (Phi) is 15.9. The highest BCUT2D eigenvalue weighted by molar-refractivity contribution is 6.09. The van der Waals surface area contributed by atoms with Gasteiger partial charge in [-0.15, -0.1) is 0 Å². The number of likely N-dealkylation sites (tertiary alicyclic amines) is 1. The van der Waals surface area contributed by atoms with E-state index in [1.807, 2.05) is 35.5 Å². The fourth-order valence-electron chi connectivity index (χ4n) is 12.7. The molecule has 6 amide bonds. The lowest BCUT2D eigenvalue weighted by Gasteiger charge is -2.55. The summed E-state index contributed by atoms with van der Waals surface area (Å²) >= 11 is 0. The Balaban J connectivity index is 0.757. The fourth-order valence-corrected chi connectivity index (χ4v) is 12.7. The highest BCUT2D eigenvalue weighted by Crippen LogP contribution is 2.50. The van der Waals surface area contributed by atoms with Gasteiger partial charge in [-0.1, -0.05) is 76.4 Å². The summed E-state index contributed by atoms with van der Waals surface area (Å²) in [6, 6.07) is 14.9. The van der Waals surface area contributed by atoms with Crippen LogP contribution in [0.5, 0.6) is 0 Å². The van der Waals surface area contributed by atoms with Crippen LogP contribution in [0.1, 0.15) is 145 Å². The summed E-state index contributed by atoms with van der Waals surface area (Å²) in [5.74, 6) is -3.36. The van der Waals surface area contributed by atoms with Crippen LogP contribution in [-0.2, 0) is 25.5 Å². The van der Waals surface area contributed by atoms with E-state index in [9.17, 15) is 28.8 Å². The number of nitrogens with two attached hydrogens (primary N) is 1. The first-order valence-electron chi connectivity index (χ1n) is 27.2. The summed E-state index contributed by atoms with van der Waals surface area (Å²) in [5, 5.41) is 11.7. The maximum Gasteiger partial charge on any atom is 0.256 e. The number of ether oxygens (including phenoxy) is 1. The van der Waals surface area contributed by atoms with Crippen molar-refractivity contribution in [3.05, 3.63) is 106 Å². The van der Waals surface area contributed by atoms with Crippen LogP contribution < -0.4 is 11.1 Å². The molecule has 5 heterocycles. The van der Waals surface area contributed by atoms with Gasteiger partial charge >= 0.3 is 0 Å². The van der Waals surface area contributed by atoms with Crippen molar-refractivity contribution >= 4 is 41.2 Å². The Morgan fingerprint density at radius 3 is 2.04 bits per heavy atom. The number of hydrogen-bond acceptors (Lipinski definition) is 9. The zero-order chi connectivity index (χ0) is 53.2. The molecule has 0 spiro atoms. The predicted molar refractivity (Wildman–Crippen MR) is 279 cm³/mol. The SMILES string of the molecule is CC(C)(C)C(=O)N1CCCC(c2cccc(C(=O)N[C@@H](C(=O)N3CCN(CC45CCC(C(=O)N6CCN(C(=O)c7cc(CC(=N)c8ccccc8C(N)=O)ccc7F)CC6)(CC4)CO5)CC3)C3CCCCC3)c2F)C1. The quantitative estimate of drug-likeness (QED) is 0.161. The van der Waals surface area contributed by atoms with E-state index in [0.717, 1.165) is 51.4 Å². The van der Waals surface area contributed by atoms with Crippen LogP contribution in [0.3, 0.4) is 0 Å². The maximum atomic E-state index is 16.4. The van der Waals surface area contributed by atoms with E-state index in [-0.39, 0.29) is 71.5 Å². The molecule has 3 aromatic rings. The Bertz CT molecular complexity index is 2660. The smallest absolute Gasteiger partial charge is 0.256 e. The number of fused-ring (bicyclic) bond motifs is 3. The standard InChI is InChI=1S/C58H74F2N8O7/c1-56(2,3)54(73)68-24-10-13-40(35-68)41-16-9-17-44(48(41)60)51(70)63-49(39-11-5-4-6-12-39)53(72)66-27-25-64(26-28-66)36-58-22-20-57(21-23-58,37-75-58)55(74)67-31-29-65(30-32-67)52(71)45-33-38(18-19-46(45)59)34-47(61)42-14-7-8-15-43(42)50(62)69/h7-9,14-19,33,39-40,49,61H,4-6,10-13,20-32,34-37H2,1-3H3,(H2,62,69)(H,63,70)/t40?,49-,57?,58?/m1/s1. The van der Waals surface area contributed by atoms with E-state index < -0.39 is 51.8 Å². The van der Waals surface area contributed by atoms with Gasteiger partial charge in [0.2, 0.25) is 23.6 Å². The topological polar surface area (TPSA) is 190 Å². The zero-order valence-corrected chi connectivity index (χ0v) is 43.9. The summed E-state index contributed by atoms with van der Waals surface area (Å²) in [6.45, 7) is 11.0. The third kappa shape index (κ3) is 11.5. The summed E-state index contributed by atoms with van der Waals surface area (Å²) in [6.07, 6.45) is 8.95. The molecule has 1 unspecified atom stereocenters. The fraction of sp³-hybridized carbons (Fsp3) is 0.569. The molecule has 75 heavy (non-hydrogen) atoms. The van der Waals surface area contributed by atoms with Crippen molar-refractivity contribution in [1.29, 1.82) is 5.41 Å². The molecule has 10 rings (SSSR count). The van der Waals surface area contributed by atoms with Gasteiger partial charge in [0, 0.05) is 107 Å². The molecule has 5 aliphatic heterocycles. The van der Waals surface area contributed by atoms with Crippen molar-refractivity contribution in [2.24, 2.45) is 22.5 Å². The number of benzene rings is 3. The second-order valence-electron chi connectivity index (χ2n) is 23.2. The minimum Gasteiger partial charge on any atom is -0.373 e. The lowest BCUT2D eigenvalue weighted by Crippen LogP contribution is -2.64. The minimum absolute atomic E-state index is 0.0258. The van der Waals surface area contributed by atoms with E-state index in [1.165, 1.54) is 24.3 Å². The second-order valence-corrected chi connectivity index (χ2v) is 23.2. The van der Waals surface area contributed by atoms with Gasteiger partial charge in [-0.25, -0.2) is 8.78 Å². The zero-order valence-electron chi connectivity index (χ0n) is 43.9. The van der Waals surface area contributed by atoms with Crippen LogP contribution in [0.2, 0.25) is 0 Å². The number of hydrogen-bond donors (Lipinski definition) is 3. The van der Waals surface area contributed by atoms with Gasteiger partial charge in [0.15, 0.2) is 0 Å². The van der Waals surface area contributed by atoms with Crippen LogP contribution in [0.25, 0.3) is 0 Å². The van der Waals surface area contributed by atoms with Crippen LogP contribution in [-0.4, -0.2) is 156 Å². The van der Waals surface area contributed by atoms with Crippen LogP contribution in [0.15, 0.2) is 60.7 Å². The number of carbonyl (C=O) groups is 6. The van der Waals surface area contributed by atoms with Crippen molar-refractivity contribution in [1.82, 2.24) is 29.8 Å². The number of piperazine rings is 2. The first-order chi connectivity index (χ1) is 35.8. The number of carbonyl (C=O) groups excluding carboxylic acids is 6. The molecular weight excluding hydrogens is 959 g/mol. The van der Waals surface area contributed by atoms with Crippen molar-refractivity contribution in [2.75, 3.05) is 78.6 Å². The highest BCUT2D eigenvalue weighted by atomic mass is 19.1. The molecule has 2 saturated carbocycles. The number of halogens is 2. The molecular formula is C58H74F2N8O7. The Hall–Kier alpha value is -6.07. The monoisotopic (exact) mass is 1030 g/mol. The average molecular weight is 1030 g/mol. The minimum atomic E-state index is -0.774. The van der Waals surface area contributed by atoms with Crippen LogP contribution >= 0.6 is 0 Å². The molecule has 3 aromatic carbocycles. The van der Waals surface area contributed by atoms with Crippen molar-refractivity contribution in [2.45, 2.75) is 115 Å². The lowest BCUT2D eigenvalue weighted by atomic mass is 9.65. The first kappa shape index (κ1) is 53.7. The van der Waals surface area contributed by atoms with E-state index in [2.05, 4.69) is 10.2 Å². The molecule has 7 aliphatic rings. The van der Waals surface area contributed by atoms with Crippen LogP contribution in [0.4, 0.5) is 8.78 Å². The molecule has 0 radical (unpaired) electrons. The summed E-state index contributed by atoms with van der Waals surface area (Å²) in [5.41, 5.74) is 5.40. The maximum absolute atomic E-state index is 16.4. The van der Waals surface area contributed by atoms with E-state index >= 15 is 8.78 Å². The summed E-state index contributed by atoms with van der Waals surface area (Å²) in [7, 11) is 0. The van der Waals surface area contributed by atoms with Gasteiger partial charge in [-0.05, 0) is 92.7 Å². The van der Waals surface area contributed by atoms with Gasteiger partial charge in [-0.3, -0.25) is 33.7 Å². The average Bonchev–Trinajstić information content (AvgIpc) is 3.43. The lowest BCUT2D eigenvalue weighted by molar-refractivity contribution is -0.203. The van der Waals surface area contributed by atoms with Crippen molar-refractivity contribution in [3.8, 4) is 0 Å². The molecule has 15 nitrogen and oxygen atoms in total. The highest BCUT2D eigenvalue weighted by Gasteiger charge is 2.55. The molecule has 402 valence electrons. The Labute approximate surface area is 439 Å². The van der Waals surface area contributed by atoms with Crippen LogP contribution in [0, 0.1) is 33.8 Å². The largest absolute Gasteiger partial charge is 0.373 e. The second kappa shape index (κ2) is 22.3. The van der Waals surface area contributed by atoms with E-state index in [1.54, 1.807) is 41.3 Å². The third-order valence-corrected chi connectivity index (χ3v) is 17.2. The van der Waals surface area contributed by atoms with Gasteiger partial charge < -0.3 is 40.8 Å². The van der Waals surface area contributed by atoms with Gasteiger partial charge in [0.05, 0.1) is 28.7 Å². The van der Waals surface area contributed by atoms with Gasteiger partial charge in [-0.2, -0.15) is 0 Å². The summed E-state index contributed by atoms with van der Waals surface area (Å²) in [4.78, 5) is 91.0. The molecule has 2 bridgehead atoms. The third-order valence-electron chi connectivity index (χ3n) is 17.2. The number of rotatable bonds is 13. The number of piperidine rings is 1. The molecule has 5 saturated heterocycles. The predicted octanol–water partition coefficient (Wildman–Crippen LogP) is 6.56. The first-order valence-corrected chi connectivity index (χ1v) is 27.2. The number of nitrogens with one attached hydrogen (secondary N) is 2. The van der Waals surface area contributed by atoms with E-state index in [0.29, 0.717) is 101 Å². The van der Waals surface area contributed by atoms with Gasteiger partial charge in [0.25, 0.3) is 11.8 Å². The molecule has 17 heteroatoms. The number of amides is 6.